The van der Waals surface area contributed by atoms with Crippen LogP contribution < -0.4 is 10.6 Å². The Bertz CT molecular complexity index is 426. The molecule has 0 bridgehead atoms. The summed E-state index contributed by atoms with van der Waals surface area (Å²) in [5.74, 6) is 1.78. The lowest BCUT2D eigenvalue weighted by Gasteiger charge is -2.26. The molecule has 0 aromatic carbocycles. The quantitative estimate of drug-likeness (QED) is 0.560. The first-order valence-corrected chi connectivity index (χ1v) is 8.75. The highest BCUT2D eigenvalue weighted by Crippen LogP contribution is 2.17. The second kappa shape index (κ2) is 9.07. The average Bonchev–Trinajstić information content (AvgIpc) is 2.53. The van der Waals surface area contributed by atoms with Crippen LogP contribution in [0.3, 0.4) is 0 Å². The first kappa shape index (κ1) is 16.3. The first-order chi connectivity index (χ1) is 10.3. The Kier molecular flexibility index (Phi) is 7.05. The van der Waals surface area contributed by atoms with Crippen LogP contribution in [-0.4, -0.2) is 67.1 Å². The van der Waals surface area contributed by atoms with Crippen molar-refractivity contribution < 1.29 is 4.74 Å². The molecule has 0 aliphatic carbocycles. The molecule has 2 rings (SSSR count). The molecule has 7 heteroatoms. The summed E-state index contributed by atoms with van der Waals surface area (Å²) in [5, 5.41) is 7.51. The standard InChI is InChI=1S/C14H25N5OS/c1-3-4-15-12-11-13(18-14(17-12)21-2)16-5-6-19-7-9-20-10-8-19/h11H,3-10H2,1-2H3,(H2,15,16,17,18). The highest BCUT2D eigenvalue weighted by atomic mass is 32.2. The Morgan fingerprint density at radius 2 is 1.86 bits per heavy atom. The second-order valence-electron chi connectivity index (χ2n) is 4.93. The Hall–Kier alpha value is -1.05. The van der Waals surface area contributed by atoms with Crippen LogP contribution in [0.4, 0.5) is 11.6 Å². The number of nitrogens with zero attached hydrogens (tertiary/aromatic N) is 3. The molecular weight excluding hydrogens is 286 g/mol. The number of hydrogen-bond donors (Lipinski definition) is 2. The van der Waals surface area contributed by atoms with Crippen molar-refractivity contribution >= 4 is 23.4 Å². The number of rotatable bonds is 8. The summed E-state index contributed by atoms with van der Waals surface area (Å²) < 4.78 is 5.35. The molecular formula is C14H25N5OS. The maximum Gasteiger partial charge on any atom is 0.191 e. The zero-order valence-electron chi connectivity index (χ0n) is 12.9. The Labute approximate surface area is 131 Å². The minimum absolute atomic E-state index is 0.796. The van der Waals surface area contributed by atoms with Crippen molar-refractivity contribution in [2.45, 2.75) is 18.5 Å². The van der Waals surface area contributed by atoms with E-state index in [0.717, 1.165) is 69.2 Å². The fourth-order valence-corrected chi connectivity index (χ4v) is 2.50. The van der Waals surface area contributed by atoms with Gasteiger partial charge in [0, 0.05) is 38.8 Å². The molecule has 0 spiro atoms. The second-order valence-corrected chi connectivity index (χ2v) is 5.71. The molecule has 1 aliphatic rings. The Morgan fingerprint density at radius 3 is 2.48 bits per heavy atom. The Morgan fingerprint density at radius 1 is 1.19 bits per heavy atom. The van der Waals surface area contributed by atoms with E-state index in [1.807, 2.05) is 12.3 Å². The topological polar surface area (TPSA) is 62.3 Å². The van der Waals surface area contributed by atoms with Crippen LogP contribution in [0.15, 0.2) is 11.2 Å². The number of anilines is 2. The number of nitrogens with one attached hydrogen (secondary N) is 2. The predicted molar refractivity (Wildman–Crippen MR) is 88.3 cm³/mol. The molecule has 0 radical (unpaired) electrons. The average molecular weight is 311 g/mol. The summed E-state index contributed by atoms with van der Waals surface area (Å²) in [6.45, 7) is 8.70. The van der Waals surface area contributed by atoms with Gasteiger partial charge >= 0.3 is 0 Å². The van der Waals surface area contributed by atoms with Crippen LogP contribution >= 0.6 is 11.8 Å². The van der Waals surface area contributed by atoms with Gasteiger partial charge in [-0.3, -0.25) is 4.90 Å². The molecule has 0 atom stereocenters. The molecule has 0 amide bonds. The minimum atomic E-state index is 0.796. The van der Waals surface area contributed by atoms with Gasteiger partial charge in [0.25, 0.3) is 0 Å². The van der Waals surface area contributed by atoms with Gasteiger partial charge < -0.3 is 15.4 Å². The fourth-order valence-electron chi connectivity index (χ4n) is 2.12. The largest absolute Gasteiger partial charge is 0.379 e. The molecule has 21 heavy (non-hydrogen) atoms. The smallest absolute Gasteiger partial charge is 0.191 e. The highest BCUT2D eigenvalue weighted by Gasteiger charge is 2.10. The van der Waals surface area contributed by atoms with Gasteiger partial charge in [0.2, 0.25) is 0 Å². The van der Waals surface area contributed by atoms with Crippen molar-refractivity contribution in [1.82, 2.24) is 14.9 Å². The van der Waals surface area contributed by atoms with E-state index >= 15 is 0 Å². The van der Waals surface area contributed by atoms with E-state index in [0.29, 0.717) is 0 Å². The third-order valence-electron chi connectivity index (χ3n) is 3.28. The van der Waals surface area contributed by atoms with Crippen molar-refractivity contribution in [3.63, 3.8) is 0 Å². The third-order valence-corrected chi connectivity index (χ3v) is 3.83. The number of thioether (sulfide) groups is 1. The highest BCUT2D eigenvalue weighted by molar-refractivity contribution is 7.98. The van der Waals surface area contributed by atoms with E-state index in [9.17, 15) is 0 Å². The van der Waals surface area contributed by atoms with Crippen molar-refractivity contribution in [2.75, 3.05) is 62.8 Å². The van der Waals surface area contributed by atoms with E-state index in [4.69, 9.17) is 4.74 Å². The number of hydrogen-bond acceptors (Lipinski definition) is 7. The summed E-state index contributed by atoms with van der Waals surface area (Å²) in [4.78, 5) is 11.4. The molecule has 1 aromatic heterocycles. The number of ether oxygens (including phenoxy) is 1. The zero-order valence-corrected chi connectivity index (χ0v) is 13.7. The monoisotopic (exact) mass is 311 g/mol. The molecule has 2 N–H and O–H groups in total. The lowest BCUT2D eigenvalue weighted by Crippen LogP contribution is -2.39. The van der Waals surface area contributed by atoms with Gasteiger partial charge in [0.15, 0.2) is 5.16 Å². The maximum absolute atomic E-state index is 5.35. The van der Waals surface area contributed by atoms with E-state index in [1.54, 1.807) is 11.8 Å². The van der Waals surface area contributed by atoms with Crippen molar-refractivity contribution in [1.29, 1.82) is 0 Å². The van der Waals surface area contributed by atoms with Gasteiger partial charge in [-0.2, -0.15) is 0 Å². The zero-order chi connectivity index (χ0) is 14.9. The molecule has 118 valence electrons. The normalized spacial score (nSPS) is 15.9. The van der Waals surface area contributed by atoms with Crippen LogP contribution in [0.25, 0.3) is 0 Å². The summed E-state index contributed by atoms with van der Waals surface area (Å²) in [7, 11) is 0. The molecule has 1 aliphatic heterocycles. The third kappa shape index (κ3) is 5.68. The summed E-state index contributed by atoms with van der Waals surface area (Å²) in [5.41, 5.74) is 0. The lowest BCUT2D eigenvalue weighted by molar-refractivity contribution is 0.0398. The van der Waals surface area contributed by atoms with Gasteiger partial charge in [-0.15, -0.1) is 0 Å². The number of morpholine rings is 1. The number of aromatic nitrogens is 2. The van der Waals surface area contributed by atoms with Gasteiger partial charge in [0.05, 0.1) is 13.2 Å². The molecule has 0 unspecified atom stereocenters. The van der Waals surface area contributed by atoms with E-state index < -0.39 is 0 Å². The molecule has 1 aromatic rings. The SMILES string of the molecule is CCCNc1cc(NCCN2CCOCC2)nc(SC)n1. The van der Waals surface area contributed by atoms with Crippen LogP contribution in [0.2, 0.25) is 0 Å². The van der Waals surface area contributed by atoms with Crippen molar-refractivity contribution in [3.8, 4) is 0 Å². The van der Waals surface area contributed by atoms with E-state index in [-0.39, 0.29) is 0 Å². The summed E-state index contributed by atoms with van der Waals surface area (Å²) >= 11 is 1.56. The molecule has 0 saturated carbocycles. The molecule has 1 saturated heterocycles. The van der Waals surface area contributed by atoms with Gasteiger partial charge in [0.1, 0.15) is 11.6 Å². The van der Waals surface area contributed by atoms with Gasteiger partial charge in [-0.1, -0.05) is 18.7 Å². The van der Waals surface area contributed by atoms with E-state index in [2.05, 4.69) is 32.4 Å². The van der Waals surface area contributed by atoms with Crippen LogP contribution in [0, 0.1) is 0 Å². The minimum Gasteiger partial charge on any atom is -0.379 e. The molecule has 2 heterocycles. The molecule has 1 fully saturated rings. The first-order valence-electron chi connectivity index (χ1n) is 7.52. The maximum atomic E-state index is 5.35. The van der Waals surface area contributed by atoms with Gasteiger partial charge in [-0.25, -0.2) is 9.97 Å². The molecule has 6 nitrogen and oxygen atoms in total. The van der Waals surface area contributed by atoms with E-state index in [1.165, 1.54) is 0 Å². The lowest BCUT2D eigenvalue weighted by atomic mass is 10.4. The summed E-state index contributed by atoms with van der Waals surface area (Å²) in [6.07, 6.45) is 3.08. The van der Waals surface area contributed by atoms with Crippen molar-refractivity contribution in [2.24, 2.45) is 0 Å². The van der Waals surface area contributed by atoms with Crippen LogP contribution in [0.1, 0.15) is 13.3 Å². The van der Waals surface area contributed by atoms with Crippen LogP contribution in [0.5, 0.6) is 0 Å². The predicted octanol–water partition coefficient (Wildman–Crippen LogP) is 1.76. The van der Waals surface area contributed by atoms with Crippen molar-refractivity contribution in [3.05, 3.63) is 6.07 Å². The fraction of sp³-hybridized carbons (Fsp3) is 0.714. The Balaban J connectivity index is 1.85. The van der Waals surface area contributed by atoms with Gasteiger partial charge in [-0.05, 0) is 12.7 Å². The van der Waals surface area contributed by atoms with Crippen LogP contribution in [-0.2, 0) is 4.74 Å². The summed E-state index contributed by atoms with van der Waals surface area (Å²) in [6, 6.07) is 1.98.